The van der Waals surface area contributed by atoms with Crippen LogP contribution in [0.5, 0.6) is 0 Å². The molecular formula is C19H29NO. The molecule has 2 atom stereocenters. The van der Waals surface area contributed by atoms with Crippen molar-refractivity contribution < 1.29 is 4.79 Å². The zero-order chi connectivity index (χ0) is 15.4. The van der Waals surface area contributed by atoms with Crippen LogP contribution in [0.25, 0.3) is 0 Å². The normalized spacial score (nSPS) is 22.5. The smallest absolute Gasteiger partial charge is 0.164 e. The van der Waals surface area contributed by atoms with Crippen LogP contribution in [-0.2, 0) is 0 Å². The second-order valence-electron chi connectivity index (χ2n) is 6.86. The van der Waals surface area contributed by atoms with E-state index < -0.39 is 0 Å². The molecule has 2 rings (SSSR count). The number of hydrogen-bond acceptors (Lipinski definition) is 2. The minimum absolute atomic E-state index is 0.275. The van der Waals surface area contributed by atoms with E-state index in [0.717, 1.165) is 18.0 Å². The number of ketones is 1. The molecule has 2 nitrogen and oxygen atoms in total. The number of benzene rings is 1. The summed E-state index contributed by atoms with van der Waals surface area (Å²) in [7, 11) is 2.18. The zero-order valence-electron chi connectivity index (χ0n) is 14.0. The van der Waals surface area contributed by atoms with Crippen LogP contribution in [0.2, 0.25) is 0 Å². The van der Waals surface area contributed by atoms with Crippen molar-refractivity contribution in [3.05, 3.63) is 34.9 Å². The number of rotatable bonds is 5. The summed E-state index contributed by atoms with van der Waals surface area (Å²) in [4.78, 5) is 14.8. The minimum atomic E-state index is 0.275. The summed E-state index contributed by atoms with van der Waals surface area (Å²) in [5, 5.41) is 0. The summed E-state index contributed by atoms with van der Waals surface area (Å²) in [5.74, 6) is 1.04. The van der Waals surface area contributed by atoms with Gasteiger partial charge in [-0.3, -0.25) is 4.79 Å². The highest BCUT2D eigenvalue weighted by atomic mass is 16.1. The van der Waals surface area contributed by atoms with Crippen molar-refractivity contribution in [2.24, 2.45) is 5.92 Å². The highest BCUT2D eigenvalue weighted by Crippen LogP contribution is 2.27. The first kappa shape index (κ1) is 16.2. The number of carbonyl (C=O) groups is 1. The van der Waals surface area contributed by atoms with Crippen molar-refractivity contribution in [1.82, 2.24) is 4.90 Å². The fourth-order valence-electron chi connectivity index (χ4n) is 3.68. The first-order chi connectivity index (χ1) is 9.97. The summed E-state index contributed by atoms with van der Waals surface area (Å²) in [6, 6.07) is 6.80. The molecule has 116 valence electrons. The van der Waals surface area contributed by atoms with E-state index in [1.807, 2.05) is 12.1 Å². The Labute approximate surface area is 129 Å². The Bertz CT molecular complexity index is 474. The summed E-state index contributed by atoms with van der Waals surface area (Å²) in [6.07, 6.45) is 5.95. The quantitative estimate of drug-likeness (QED) is 0.749. The van der Waals surface area contributed by atoms with Crippen LogP contribution in [0.4, 0.5) is 0 Å². The van der Waals surface area contributed by atoms with Gasteiger partial charge >= 0.3 is 0 Å². The van der Waals surface area contributed by atoms with Gasteiger partial charge in [0.15, 0.2) is 5.78 Å². The fourth-order valence-corrected chi connectivity index (χ4v) is 3.68. The van der Waals surface area contributed by atoms with Gasteiger partial charge in [0.1, 0.15) is 0 Å². The third kappa shape index (κ3) is 4.41. The minimum Gasteiger partial charge on any atom is -0.303 e. The van der Waals surface area contributed by atoms with E-state index in [-0.39, 0.29) is 5.78 Å². The SMILES string of the molecule is Cc1cc(C)cc(C(=O)CCN(C)C2CCCCC2C)c1. The molecule has 21 heavy (non-hydrogen) atoms. The molecule has 0 N–H and O–H groups in total. The summed E-state index contributed by atoms with van der Waals surface area (Å²) < 4.78 is 0. The van der Waals surface area contributed by atoms with Gasteiger partial charge < -0.3 is 4.90 Å². The van der Waals surface area contributed by atoms with Gasteiger partial charge in [-0.2, -0.15) is 0 Å². The number of aryl methyl sites for hydroxylation is 2. The Morgan fingerprint density at radius 3 is 2.38 bits per heavy atom. The van der Waals surface area contributed by atoms with Crippen molar-refractivity contribution in [1.29, 1.82) is 0 Å². The number of hydrogen-bond donors (Lipinski definition) is 0. The number of Topliss-reactive ketones (excluding diaryl/α,β-unsaturated/α-hetero) is 1. The first-order valence-electron chi connectivity index (χ1n) is 8.29. The predicted molar refractivity (Wildman–Crippen MR) is 88.9 cm³/mol. The lowest BCUT2D eigenvalue weighted by molar-refractivity contribution is 0.0927. The van der Waals surface area contributed by atoms with E-state index in [2.05, 4.69) is 38.8 Å². The number of carbonyl (C=O) groups excluding carboxylic acids is 1. The molecule has 0 bridgehead atoms. The molecular weight excluding hydrogens is 258 g/mol. The average Bonchev–Trinajstić information content (AvgIpc) is 2.43. The van der Waals surface area contributed by atoms with E-state index >= 15 is 0 Å². The van der Waals surface area contributed by atoms with Crippen LogP contribution >= 0.6 is 0 Å². The zero-order valence-corrected chi connectivity index (χ0v) is 14.0. The molecule has 1 saturated carbocycles. The van der Waals surface area contributed by atoms with Gasteiger partial charge in [0.25, 0.3) is 0 Å². The van der Waals surface area contributed by atoms with Gasteiger partial charge in [0, 0.05) is 24.6 Å². The monoisotopic (exact) mass is 287 g/mol. The molecule has 2 heteroatoms. The van der Waals surface area contributed by atoms with Crippen LogP contribution in [-0.4, -0.2) is 30.3 Å². The third-order valence-electron chi connectivity index (χ3n) is 4.87. The second kappa shape index (κ2) is 7.22. The molecule has 0 saturated heterocycles. The molecule has 2 unspecified atom stereocenters. The lowest BCUT2D eigenvalue weighted by atomic mass is 9.85. The molecule has 1 aliphatic carbocycles. The molecule has 0 radical (unpaired) electrons. The van der Waals surface area contributed by atoms with Gasteiger partial charge in [-0.15, -0.1) is 0 Å². The van der Waals surface area contributed by atoms with E-state index in [1.54, 1.807) is 0 Å². The van der Waals surface area contributed by atoms with Crippen LogP contribution < -0.4 is 0 Å². The van der Waals surface area contributed by atoms with Crippen molar-refractivity contribution in [2.75, 3.05) is 13.6 Å². The van der Waals surface area contributed by atoms with Gasteiger partial charge in [-0.1, -0.05) is 37.0 Å². The summed E-state index contributed by atoms with van der Waals surface area (Å²) >= 11 is 0. The van der Waals surface area contributed by atoms with Crippen LogP contribution in [0.15, 0.2) is 18.2 Å². The van der Waals surface area contributed by atoms with Crippen molar-refractivity contribution >= 4 is 5.78 Å². The van der Waals surface area contributed by atoms with Crippen molar-refractivity contribution in [3.8, 4) is 0 Å². The van der Waals surface area contributed by atoms with E-state index in [1.165, 1.54) is 36.8 Å². The Morgan fingerprint density at radius 1 is 1.14 bits per heavy atom. The molecule has 0 heterocycles. The van der Waals surface area contributed by atoms with Gasteiger partial charge in [-0.05, 0) is 51.8 Å². The van der Waals surface area contributed by atoms with E-state index in [9.17, 15) is 4.79 Å². The second-order valence-corrected chi connectivity index (χ2v) is 6.86. The highest BCUT2D eigenvalue weighted by molar-refractivity contribution is 5.96. The Balaban J connectivity index is 1.91. The Hall–Kier alpha value is -1.15. The Kier molecular flexibility index (Phi) is 5.58. The van der Waals surface area contributed by atoms with Gasteiger partial charge in [0.05, 0.1) is 0 Å². The van der Waals surface area contributed by atoms with Crippen LogP contribution in [0, 0.1) is 19.8 Å². The fraction of sp³-hybridized carbons (Fsp3) is 0.632. The maximum Gasteiger partial charge on any atom is 0.164 e. The van der Waals surface area contributed by atoms with Crippen molar-refractivity contribution in [3.63, 3.8) is 0 Å². The summed E-state index contributed by atoms with van der Waals surface area (Å²) in [5.41, 5.74) is 3.22. The molecule has 0 amide bonds. The number of nitrogens with zero attached hydrogens (tertiary/aromatic N) is 1. The standard InChI is InChI=1S/C19H29NO/c1-14-11-15(2)13-17(12-14)19(21)9-10-20(4)18-8-6-5-7-16(18)3/h11-13,16,18H,5-10H2,1-4H3. The van der Waals surface area contributed by atoms with Crippen molar-refractivity contribution in [2.45, 2.75) is 58.9 Å². The molecule has 0 aromatic heterocycles. The lowest BCUT2D eigenvalue weighted by Crippen LogP contribution is -2.39. The molecule has 1 aliphatic rings. The molecule has 0 spiro atoms. The predicted octanol–water partition coefficient (Wildman–Crippen LogP) is 4.39. The Morgan fingerprint density at radius 2 is 1.76 bits per heavy atom. The first-order valence-corrected chi connectivity index (χ1v) is 8.29. The van der Waals surface area contributed by atoms with Crippen LogP contribution in [0.3, 0.4) is 0 Å². The van der Waals surface area contributed by atoms with Gasteiger partial charge in [-0.25, -0.2) is 0 Å². The largest absolute Gasteiger partial charge is 0.303 e. The third-order valence-corrected chi connectivity index (χ3v) is 4.87. The molecule has 1 aromatic rings. The molecule has 0 aliphatic heterocycles. The highest BCUT2D eigenvalue weighted by Gasteiger charge is 2.25. The average molecular weight is 287 g/mol. The summed E-state index contributed by atoms with van der Waals surface area (Å²) in [6.45, 7) is 7.34. The van der Waals surface area contributed by atoms with E-state index in [4.69, 9.17) is 0 Å². The maximum absolute atomic E-state index is 12.4. The maximum atomic E-state index is 12.4. The molecule has 1 aromatic carbocycles. The topological polar surface area (TPSA) is 20.3 Å². The molecule has 1 fully saturated rings. The lowest BCUT2D eigenvalue weighted by Gasteiger charge is -2.36. The van der Waals surface area contributed by atoms with E-state index in [0.29, 0.717) is 12.5 Å². The van der Waals surface area contributed by atoms with Gasteiger partial charge in [0.2, 0.25) is 0 Å². The van der Waals surface area contributed by atoms with Crippen LogP contribution in [0.1, 0.15) is 60.5 Å².